The topological polar surface area (TPSA) is 80.3 Å². The van der Waals surface area contributed by atoms with Crippen LogP contribution in [0.1, 0.15) is 22.5 Å². The molecule has 2 amide bonds. The third-order valence-electron chi connectivity index (χ3n) is 3.92. The van der Waals surface area contributed by atoms with Crippen LogP contribution in [0.2, 0.25) is 0 Å². The lowest BCUT2D eigenvalue weighted by Gasteiger charge is -2.08. The summed E-state index contributed by atoms with van der Waals surface area (Å²) in [7, 11) is 1.60. The molecule has 0 aliphatic rings. The summed E-state index contributed by atoms with van der Waals surface area (Å²) in [6, 6.07) is 18.5. The van der Waals surface area contributed by atoms with Gasteiger partial charge in [-0.15, -0.1) is 0 Å². The minimum atomic E-state index is -0.453. The lowest BCUT2D eigenvalue weighted by molar-refractivity contribution is -0.121. The Hall–Kier alpha value is -3.41. The second kappa shape index (κ2) is 8.11. The summed E-state index contributed by atoms with van der Waals surface area (Å²) in [5.74, 6) is 0.0195. The van der Waals surface area contributed by atoms with Crippen molar-refractivity contribution in [3.63, 3.8) is 0 Å². The maximum absolute atomic E-state index is 12.1. The van der Waals surface area contributed by atoms with Gasteiger partial charge in [0.05, 0.1) is 12.6 Å². The Balaban J connectivity index is 1.52. The Labute approximate surface area is 151 Å². The number of carbonyl (C=O) groups is 2. The third kappa shape index (κ3) is 4.36. The SMILES string of the molecule is COc1cccc(CCC(=O)NNC(=O)c2ccc3ccccc3n2)c1. The van der Waals surface area contributed by atoms with Gasteiger partial charge in [-0.3, -0.25) is 20.4 Å². The largest absolute Gasteiger partial charge is 0.497 e. The van der Waals surface area contributed by atoms with Crippen molar-refractivity contribution in [1.82, 2.24) is 15.8 Å². The van der Waals surface area contributed by atoms with E-state index in [2.05, 4.69) is 15.8 Å². The molecule has 1 heterocycles. The van der Waals surface area contributed by atoms with Crippen molar-refractivity contribution in [3.8, 4) is 5.75 Å². The predicted octanol–water partition coefficient (Wildman–Crippen LogP) is 2.64. The van der Waals surface area contributed by atoms with E-state index >= 15 is 0 Å². The zero-order chi connectivity index (χ0) is 18.4. The highest BCUT2D eigenvalue weighted by Gasteiger charge is 2.10. The number of ether oxygens (including phenoxy) is 1. The number of hydrogen-bond donors (Lipinski definition) is 2. The monoisotopic (exact) mass is 349 g/mol. The highest BCUT2D eigenvalue weighted by Crippen LogP contribution is 2.14. The molecule has 1 aromatic heterocycles. The molecule has 0 saturated carbocycles. The number of methoxy groups -OCH3 is 1. The maximum Gasteiger partial charge on any atom is 0.288 e. The number of nitrogens with zero attached hydrogens (tertiary/aromatic N) is 1. The van der Waals surface area contributed by atoms with Gasteiger partial charge in [-0.1, -0.05) is 36.4 Å². The fourth-order valence-corrected chi connectivity index (χ4v) is 2.53. The van der Waals surface area contributed by atoms with Crippen LogP contribution in [0, 0.1) is 0 Å². The number of aryl methyl sites for hydroxylation is 1. The normalized spacial score (nSPS) is 10.3. The van der Waals surface area contributed by atoms with Crippen molar-refractivity contribution in [2.24, 2.45) is 0 Å². The lowest BCUT2D eigenvalue weighted by Crippen LogP contribution is -2.42. The van der Waals surface area contributed by atoms with Crippen LogP contribution >= 0.6 is 0 Å². The standard InChI is InChI=1S/C20H19N3O3/c1-26-16-7-4-5-14(13-16)9-12-19(24)22-23-20(25)18-11-10-15-6-2-3-8-17(15)21-18/h2-8,10-11,13H,9,12H2,1H3,(H,22,24)(H,23,25). The minimum Gasteiger partial charge on any atom is -0.497 e. The molecule has 0 aliphatic heterocycles. The van der Waals surface area contributed by atoms with Crippen LogP contribution in [0.4, 0.5) is 0 Å². The molecule has 6 heteroatoms. The first-order valence-corrected chi connectivity index (χ1v) is 8.23. The van der Waals surface area contributed by atoms with E-state index in [0.29, 0.717) is 6.42 Å². The van der Waals surface area contributed by atoms with Gasteiger partial charge in [0.15, 0.2) is 0 Å². The summed E-state index contributed by atoms with van der Waals surface area (Å²) < 4.78 is 5.16. The number of hydrogen-bond acceptors (Lipinski definition) is 4. The molecule has 6 nitrogen and oxygen atoms in total. The molecule has 26 heavy (non-hydrogen) atoms. The number of hydrazine groups is 1. The summed E-state index contributed by atoms with van der Waals surface area (Å²) >= 11 is 0. The van der Waals surface area contributed by atoms with Crippen LogP contribution in [0.15, 0.2) is 60.7 Å². The molecular formula is C20H19N3O3. The van der Waals surface area contributed by atoms with E-state index in [1.165, 1.54) is 0 Å². The second-order valence-electron chi connectivity index (χ2n) is 5.74. The first-order chi connectivity index (χ1) is 12.7. The molecule has 2 aromatic carbocycles. The fraction of sp³-hybridized carbons (Fsp3) is 0.150. The van der Waals surface area contributed by atoms with Crippen LogP contribution in [-0.2, 0) is 11.2 Å². The van der Waals surface area contributed by atoms with E-state index < -0.39 is 5.91 Å². The van der Waals surface area contributed by atoms with E-state index in [9.17, 15) is 9.59 Å². The number of fused-ring (bicyclic) bond motifs is 1. The van der Waals surface area contributed by atoms with Crippen LogP contribution in [-0.4, -0.2) is 23.9 Å². The number of para-hydroxylation sites is 1. The van der Waals surface area contributed by atoms with Gasteiger partial charge in [-0.25, -0.2) is 4.98 Å². The molecular weight excluding hydrogens is 330 g/mol. The van der Waals surface area contributed by atoms with Gasteiger partial charge in [0.1, 0.15) is 11.4 Å². The van der Waals surface area contributed by atoms with Gasteiger partial charge in [-0.05, 0) is 36.2 Å². The molecule has 0 bridgehead atoms. The van der Waals surface area contributed by atoms with E-state index in [1.807, 2.05) is 54.6 Å². The predicted molar refractivity (Wildman–Crippen MR) is 98.7 cm³/mol. The summed E-state index contributed by atoms with van der Waals surface area (Å²) in [4.78, 5) is 28.4. The average Bonchev–Trinajstić information content (AvgIpc) is 2.70. The molecule has 3 rings (SSSR count). The Kier molecular flexibility index (Phi) is 5.43. The molecule has 0 spiro atoms. The number of nitrogens with one attached hydrogen (secondary N) is 2. The summed E-state index contributed by atoms with van der Waals surface area (Å²) in [6.45, 7) is 0. The number of aromatic nitrogens is 1. The molecule has 0 saturated heterocycles. The highest BCUT2D eigenvalue weighted by atomic mass is 16.5. The Morgan fingerprint density at radius 3 is 2.69 bits per heavy atom. The molecule has 0 atom stereocenters. The lowest BCUT2D eigenvalue weighted by atomic mass is 10.1. The van der Waals surface area contributed by atoms with Gasteiger partial charge < -0.3 is 4.74 Å². The second-order valence-corrected chi connectivity index (χ2v) is 5.74. The molecule has 0 fully saturated rings. The van der Waals surface area contributed by atoms with Gasteiger partial charge in [0.25, 0.3) is 5.91 Å². The first-order valence-electron chi connectivity index (χ1n) is 8.23. The Morgan fingerprint density at radius 2 is 1.85 bits per heavy atom. The van der Waals surface area contributed by atoms with Crippen molar-refractivity contribution in [3.05, 3.63) is 71.9 Å². The molecule has 0 unspecified atom stereocenters. The van der Waals surface area contributed by atoms with Crippen molar-refractivity contribution in [2.45, 2.75) is 12.8 Å². The van der Waals surface area contributed by atoms with Crippen LogP contribution < -0.4 is 15.6 Å². The molecule has 0 aliphatic carbocycles. The Bertz CT molecular complexity index is 940. The number of amides is 2. The number of benzene rings is 2. The number of rotatable bonds is 5. The van der Waals surface area contributed by atoms with E-state index in [-0.39, 0.29) is 18.0 Å². The van der Waals surface area contributed by atoms with E-state index in [0.717, 1.165) is 22.2 Å². The first kappa shape index (κ1) is 17.4. The molecule has 0 radical (unpaired) electrons. The van der Waals surface area contributed by atoms with Crippen LogP contribution in [0.25, 0.3) is 10.9 Å². The van der Waals surface area contributed by atoms with Crippen molar-refractivity contribution < 1.29 is 14.3 Å². The molecule has 2 N–H and O–H groups in total. The van der Waals surface area contributed by atoms with Gasteiger partial charge >= 0.3 is 0 Å². The van der Waals surface area contributed by atoms with E-state index in [1.54, 1.807) is 13.2 Å². The van der Waals surface area contributed by atoms with Crippen LogP contribution in [0.5, 0.6) is 5.75 Å². The third-order valence-corrected chi connectivity index (χ3v) is 3.92. The quantitative estimate of drug-likeness (QED) is 0.694. The molecule has 132 valence electrons. The number of pyridine rings is 1. The van der Waals surface area contributed by atoms with Gasteiger partial charge in [0, 0.05) is 11.8 Å². The van der Waals surface area contributed by atoms with Crippen molar-refractivity contribution in [2.75, 3.05) is 7.11 Å². The summed E-state index contributed by atoms with van der Waals surface area (Å²) in [5.41, 5.74) is 6.78. The average molecular weight is 349 g/mol. The zero-order valence-corrected chi connectivity index (χ0v) is 14.4. The summed E-state index contributed by atoms with van der Waals surface area (Å²) in [5, 5.41) is 0.950. The van der Waals surface area contributed by atoms with Crippen molar-refractivity contribution >= 4 is 22.7 Å². The van der Waals surface area contributed by atoms with Gasteiger partial charge in [-0.2, -0.15) is 0 Å². The maximum atomic E-state index is 12.1. The molecule has 3 aromatic rings. The summed E-state index contributed by atoms with van der Waals surface area (Å²) in [6.07, 6.45) is 0.797. The zero-order valence-electron chi connectivity index (χ0n) is 14.4. The van der Waals surface area contributed by atoms with Crippen LogP contribution in [0.3, 0.4) is 0 Å². The number of carbonyl (C=O) groups excluding carboxylic acids is 2. The highest BCUT2D eigenvalue weighted by molar-refractivity contribution is 5.95. The minimum absolute atomic E-state index is 0.247. The Morgan fingerprint density at radius 1 is 1.00 bits per heavy atom. The van der Waals surface area contributed by atoms with Crippen molar-refractivity contribution in [1.29, 1.82) is 0 Å². The smallest absolute Gasteiger partial charge is 0.288 e. The van der Waals surface area contributed by atoms with Gasteiger partial charge in [0.2, 0.25) is 5.91 Å². The fourth-order valence-electron chi connectivity index (χ4n) is 2.53. The van der Waals surface area contributed by atoms with E-state index in [4.69, 9.17) is 4.74 Å².